The second-order valence-corrected chi connectivity index (χ2v) is 3.71. The smallest absolute Gasteiger partial charge is 0.163 e. The summed E-state index contributed by atoms with van der Waals surface area (Å²) in [6.45, 7) is 2.80. The molecular weight excluding hydrogens is 206 g/mol. The van der Waals surface area contributed by atoms with E-state index >= 15 is 0 Å². The van der Waals surface area contributed by atoms with E-state index in [1.54, 1.807) is 13.2 Å². The minimum Gasteiger partial charge on any atom is -0.500 e. The van der Waals surface area contributed by atoms with E-state index in [0.29, 0.717) is 30.9 Å². The summed E-state index contributed by atoms with van der Waals surface area (Å²) < 4.78 is 10.8. The van der Waals surface area contributed by atoms with E-state index in [2.05, 4.69) is 0 Å². The Kier molecular flexibility index (Phi) is 5.22. The van der Waals surface area contributed by atoms with Crippen molar-refractivity contribution in [1.29, 1.82) is 0 Å². The molecule has 0 radical (unpaired) electrons. The second kappa shape index (κ2) is 6.45. The third kappa shape index (κ3) is 3.47. The standard InChI is InChI=1S/C12H19NO3/c1-9(14)11-5-4-10(8-12(11)15-2)16-7-3-6-13/h4-5,10H,3,6-8,13H2,1-2H3. The highest BCUT2D eigenvalue weighted by Crippen LogP contribution is 2.22. The molecule has 1 aliphatic carbocycles. The van der Waals surface area contributed by atoms with Gasteiger partial charge in [-0.15, -0.1) is 0 Å². The summed E-state index contributed by atoms with van der Waals surface area (Å²) in [7, 11) is 1.58. The van der Waals surface area contributed by atoms with Crippen molar-refractivity contribution >= 4 is 5.78 Å². The van der Waals surface area contributed by atoms with Crippen molar-refractivity contribution in [2.75, 3.05) is 20.3 Å². The first-order chi connectivity index (χ1) is 7.69. The topological polar surface area (TPSA) is 61.5 Å². The average Bonchev–Trinajstić information content (AvgIpc) is 2.29. The van der Waals surface area contributed by atoms with Crippen molar-refractivity contribution in [3.8, 4) is 0 Å². The first kappa shape index (κ1) is 12.9. The normalized spacial score (nSPS) is 20.1. The predicted octanol–water partition coefficient (Wildman–Crippen LogP) is 1.17. The van der Waals surface area contributed by atoms with Gasteiger partial charge in [0.1, 0.15) is 5.76 Å². The minimum atomic E-state index is -0.00963. The minimum absolute atomic E-state index is 0.00963. The summed E-state index contributed by atoms with van der Waals surface area (Å²) in [6, 6.07) is 0. The van der Waals surface area contributed by atoms with Gasteiger partial charge in [-0.3, -0.25) is 4.79 Å². The molecule has 0 amide bonds. The lowest BCUT2D eigenvalue weighted by molar-refractivity contribution is -0.113. The molecule has 4 heteroatoms. The van der Waals surface area contributed by atoms with Crippen molar-refractivity contribution in [2.45, 2.75) is 25.9 Å². The van der Waals surface area contributed by atoms with Crippen LogP contribution >= 0.6 is 0 Å². The zero-order chi connectivity index (χ0) is 12.0. The van der Waals surface area contributed by atoms with E-state index in [9.17, 15) is 4.79 Å². The zero-order valence-corrected chi connectivity index (χ0v) is 9.86. The van der Waals surface area contributed by atoms with Crippen LogP contribution in [0.2, 0.25) is 0 Å². The van der Waals surface area contributed by atoms with Gasteiger partial charge in [-0.25, -0.2) is 0 Å². The number of carbonyl (C=O) groups is 1. The molecule has 1 unspecified atom stereocenters. The SMILES string of the molecule is COC1=C(C(C)=O)C=CC(OCCCN)C1. The Bertz CT molecular complexity index is 307. The Labute approximate surface area is 96.1 Å². The molecule has 1 rings (SSSR count). The number of rotatable bonds is 6. The highest BCUT2D eigenvalue weighted by Gasteiger charge is 2.19. The molecule has 1 atom stereocenters. The fourth-order valence-corrected chi connectivity index (χ4v) is 1.60. The Morgan fingerprint density at radius 2 is 2.38 bits per heavy atom. The highest BCUT2D eigenvalue weighted by atomic mass is 16.5. The lowest BCUT2D eigenvalue weighted by Crippen LogP contribution is -2.19. The van der Waals surface area contributed by atoms with Crippen molar-refractivity contribution < 1.29 is 14.3 Å². The monoisotopic (exact) mass is 225 g/mol. The molecule has 0 fully saturated rings. The van der Waals surface area contributed by atoms with E-state index in [0.717, 1.165) is 6.42 Å². The van der Waals surface area contributed by atoms with Crippen LogP contribution in [-0.2, 0) is 14.3 Å². The first-order valence-corrected chi connectivity index (χ1v) is 5.47. The zero-order valence-electron chi connectivity index (χ0n) is 9.86. The molecule has 0 aromatic carbocycles. The number of allylic oxidation sites excluding steroid dienone is 2. The Balaban J connectivity index is 2.55. The summed E-state index contributed by atoms with van der Waals surface area (Å²) in [5.74, 6) is 0.723. The van der Waals surface area contributed by atoms with Crippen LogP contribution in [0.3, 0.4) is 0 Å². The lowest BCUT2D eigenvalue weighted by Gasteiger charge is -2.21. The molecule has 16 heavy (non-hydrogen) atoms. The van der Waals surface area contributed by atoms with Crippen LogP contribution in [0.4, 0.5) is 0 Å². The van der Waals surface area contributed by atoms with Crippen molar-refractivity contribution in [2.24, 2.45) is 5.73 Å². The Hall–Kier alpha value is -1.13. The van der Waals surface area contributed by atoms with Gasteiger partial charge in [0.25, 0.3) is 0 Å². The predicted molar refractivity (Wildman–Crippen MR) is 61.9 cm³/mol. The Morgan fingerprint density at radius 1 is 1.62 bits per heavy atom. The summed E-state index contributed by atoms with van der Waals surface area (Å²) in [4.78, 5) is 11.3. The van der Waals surface area contributed by atoms with Gasteiger partial charge < -0.3 is 15.2 Å². The van der Waals surface area contributed by atoms with Gasteiger partial charge in [0.2, 0.25) is 0 Å². The second-order valence-electron chi connectivity index (χ2n) is 3.71. The summed E-state index contributed by atoms with van der Waals surface area (Å²) in [6.07, 6.45) is 5.13. The lowest BCUT2D eigenvalue weighted by atomic mass is 10.00. The van der Waals surface area contributed by atoms with Crippen LogP contribution in [0, 0.1) is 0 Å². The molecule has 4 nitrogen and oxygen atoms in total. The van der Waals surface area contributed by atoms with E-state index in [4.69, 9.17) is 15.2 Å². The molecule has 0 aromatic rings. The molecule has 1 aliphatic rings. The van der Waals surface area contributed by atoms with E-state index in [-0.39, 0.29) is 11.9 Å². The van der Waals surface area contributed by atoms with Crippen molar-refractivity contribution in [3.63, 3.8) is 0 Å². The third-order valence-electron chi connectivity index (χ3n) is 2.47. The maximum absolute atomic E-state index is 11.3. The van der Waals surface area contributed by atoms with E-state index in [1.807, 2.05) is 6.08 Å². The molecule has 0 saturated carbocycles. The van der Waals surface area contributed by atoms with Gasteiger partial charge in [0.05, 0.1) is 18.8 Å². The highest BCUT2D eigenvalue weighted by molar-refractivity contribution is 5.96. The molecule has 0 aromatic heterocycles. The molecule has 0 spiro atoms. The van der Waals surface area contributed by atoms with Gasteiger partial charge in [-0.2, -0.15) is 0 Å². The first-order valence-electron chi connectivity index (χ1n) is 5.47. The molecular formula is C12H19NO3. The van der Waals surface area contributed by atoms with Crippen LogP contribution in [-0.4, -0.2) is 32.1 Å². The quantitative estimate of drug-likeness (QED) is 0.689. The van der Waals surface area contributed by atoms with Gasteiger partial charge in [0.15, 0.2) is 5.78 Å². The number of carbonyl (C=O) groups excluding carboxylic acids is 1. The number of hydrogen-bond donors (Lipinski definition) is 1. The molecule has 90 valence electrons. The molecule has 0 saturated heterocycles. The molecule has 0 bridgehead atoms. The van der Waals surface area contributed by atoms with Crippen molar-refractivity contribution in [3.05, 3.63) is 23.5 Å². The average molecular weight is 225 g/mol. The fraction of sp³-hybridized carbons (Fsp3) is 0.583. The summed E-state index contributed by atoms with van der Waals surface area (Å²) in [5, 5.41) is 0. The summed E-state index contributed by atoms with van der Waals surface area (Å²) >= 11 is 0. The molecule has 0 aliphatic heterocycles. The van der Waals surface area contributed by atoms with E-state index in [1.165, 1.54) is 6.92 Å². The maximum Gasteiger partial charge on any atom is 0.163 e. The number of methoxy groups -OCH3 is 1. The summed E-state index contributed by atoms with van der Waals surface area (Å²) in [5.41, 5.74) is 6.02. The van der Waals surface area contributed by atoms with E-state index < -0.39 is 0 Å². The van der Waals surface area contributed by atoms with Crippen LogP contribution in [0.5, 0.6) is 0 Å². The largest absolute Gasteiger partial charge is 0.500 e. The Morgan fingerprint density at radius 3 is 2.94 bits per heavy atom. The van der Waals surface area contributed by atoms with Gasteiger partial charge in [-0.1, -0.05) is 6.08 Å². The van der Waals surface area contributed by atoms with Crippen LogP contribution in [0.25, 0.3) is 0 Å². The van der Waals surface area contributed by atoms with Crippen LogP contribution < -0.4 is 5.73 Å². The van der Waals surface area contributed by atoms with Gasteiger partial charge >= 0.3 is 0 Å². The van der Waals surface area contributed by atoms with Gasteiger partial charge in [-0.05, 0) is 26.0 Å². The van der Waals surface area contributed by atoms with Crippen LogP contribution in [0.1, 0.15) is 19.8 Å². The fourth-order valence-electron chi connectivity index (χ4n) is 1.60. The van der Waals surface area contributed by atoms with Crippen molar-refractivity contribution in [1.82, 2.24) is 0 Å². The van der Waals surface area contributed by atoms with Gasteiger partial charge in [0, 0.05) is 13.0 Å². The van der Waals surface area contributed by atoms with Crippen LogP contribution in [0.15, 0.2) is 23.5 Å². The number of ether oxygens (including phenoxy) is 2. The molecule has 2 N–H and O–H groups in total. The number of hydrogen-bond acceptors (Lipinski definition) is 4. The molecule has 0 heterocycles. The third-order valence-corrected chi connectivity index (χ3v) is 2.47. The number of nitrogens with two attached hydrogens (primary N) is 1. The maximum atomic E-state index is 11.3. The number of ketones is 1. The number of Topliss-reactive ketones (excluding diaryl/α,β-unsaturated/α-hetero) is 1.